The first-order chi connectivity index (χ1) is 33.9. The van der Waals surface area contributed by atoms with Crippen LogP contribution < -0.4 is 0 Å². The van der Waals surface area contributed by atoms with Crippen molar-refractivity contribution < 1.29 is 48.0 Å². The van der Waals surface area contributed by atoms with Gasteiger partial charge in [0, 0.05) is 63.7 Å². The number of likely N-dealkylation sites (tertiary alicyclic amines) is 1. The molecule has 0 radical (unpaired) electrons. The standard InChI is InChI=1S/C58H106N2O10/c1-6-10-13-15-16-20-27-50-29-26-37-57(9-4,36-25-12-8-3)38-34-51(28-19-14-11-7-2)47-68-54(64)31-22-18-24-33-56(66)70-49-58(48-69-55(65)32-23-17-21-30-53(63)67-46-50)39-42-60(43-40-58)52(62)35-41-59(5)44-45-61/h50-51,61H,6-49H2,1-5H3. The number of rotatable bonds is 22. The highest BCUT2D eigenvalue weighted by molar-refractivity contribution is 5.76. The zero-order chi connectivity index (χ0) is 51.1. The average Bonchev–Trinajstić information content (AvgIpc) is 3.35. The normalized spacial score (nSPS) is 23.2. The first-order valence-corrected chi connectivity index (χ1v) is 29.1. The number of likely N-dealkylation sites (N-methyl/N-ethyl adjacent to an activating group) is 1. The van der Waals surface area contributed by atoms with E-state index in [0.29, 0.717) is 109 Å². The Morgan fingerprint density at radius 2 is 1.04 bits per heavy atom. The number of piperidine rings is 1. The van der Waals surface area contributed by atoms with Crippen LogP contribution in [0.2, 0.25) is 0 Å². The van der Waals surface area contributed by atoms with E-state index in [1.807, 2.05) is 16.8 Å². The summed E-state index contributed by atoms with van der Waals surface area (Å²) in [7, 11) is 1.88. The van der Waals surface area contributed by atoms with Gasteiger partial charge in [-0.25, -0.2) is 0 Å². The SMILES string of the molecule is CCCCCCCCC1CCCC(CC)(CCCCC)CCC(CCCCCC)COC(=O)CCCCCC(=O)OCC2(CCN(C(=O)CCN(C)CCO)CC2)COC(=O)CCCCCC(=O)OC1. The van der Waals surface area contributed by atoms with Crippen molar-refractivity contribution in [3.8, 4) is 0 Å². The third-order valence-corrected chi connectivity index (χ3v) is 15.8. The van der Waals surface area contributed by atoms with Gasteiger partial charge in [0.2, 0.25) is 5.91 Å². The number of unbranched alkanes of at least 4 members (excludes halogenated alkanes) is 10. The van der Waals surface area contributed by atoms with Crippen LogP contribution in [0.25, 0.3) is 0 Å². The molecule has 12 heteroatoms. The van der Waals surface area contributed by atoms with Gasteiger partial charge in [0.15, 0.2) is 0 Å². The molecule has 70 heavy (non-hydrogen) atoms. The van der Waals surface area contributed by atoms with Gasteiger partial charge in [-0.3, -0.25) is 24.0 Å². The van der Waals surface area contributed by atoms with Gasteiger partial charge in [0.25, 0.3) is 0 Å². The van der Waals surface area contributed by atoms with Crippen molar-refractivity contribution >= 4 is 29.8 Å². The van der Waals surface area contributed by atoms with E-state index in [1.165, 1.54) is 89.9 Å². The quantitative estimate of drug-likeness (QED) is 0.0627. The van der Waals surface area contributed by atoms with Crippen LogP contribution in [0.5, 0.6) is 0 Å². The number of aliphatic hydroxyl groups is 1. The van der Waals surface area contributed by atoms with E-state index in [2.05, 4.69) is 27.7 Å². The lowest BCUT2D eigenvalue weighted by Crippen LogP contribution is -2.48. The molecule has 2 fully saturated rings. The number of hydrogen-bond acceptors (Lipinski definition) is 11. The fourth-order valence-electron chi connectivity index (χ4n) is 10.5. The Hall–Kier alpha value is -2.73. The molecule has 2 aliphatic heterocycles. The summed E-state index contributed by atoms with van der Waals surface area (Å²) in [4.78, 5) is 69.2. The maximum Gasteiger partial charge on any atom is 0.305 e. The number of hydrogen-bond donors (Lipinski definition) is 1. The van der Waals surface area contributed by atoms with Crippen molar-refractivity contribution in [1.29, 1.82) is 0 Å². The number of nitrogens with zero attached hydrogens (tertiary/aromatic N) is 2. The molecule has 2 heterocycles. The molecule has 0 aromatic heterocycles. The second-order valence-corrected chi connectivity index (χ2v) is 21.8. The van der Waals surface area contributed by atoms with E-state index in [-0.39, 0.29) is 67.9 Å². The van der Waals surface area contributed by atoms with Gasteiger partial charge in [-0.2, -0.15) is 0 Å². The highest BCUT2D eigenvalue weighted by Crippen LogP contribution is 2.42. The van der Waals surface area contributed by atoms with E-state index < -0.39 is 5.41 Å². The molecule has 12 nitrogen and oxygen atoms in total. The molecule has 2 rings (SSSR count). The number of ether oxygens (including phenoxy) is 4. The molecule has 3 atom stereocenters. The summed E-state index contributed by atoms with van der Waals surface area (Å²) < 4.78 is 23.7. The Balaban J connectivity index is 2.19. The first kappa shape index (κ1) is 63.4. The molecule has 2 saturated heterocycles. The predicted octanol–water partition coefficient (Wildman–Crippen LogP) is 12.9. The molecule has 1 amide bonds. The predicted molar refractivity (Wildman–Crippen MR) is 281 cm³/mol. The molecule has 2 aliphatic rings. The van der Waals surface area contributed by atoms with Gasteiger partial charge in [-0.05, 0) is 108 Å². The molecule has 0 aromatic rings. The maximum absolute atomic E-state index is 13.1. The summed E-state index contributed by atoms with van der Waals surface area (Å²) in [6.07, 6.45) is 32.7. The molecular formula is C58H106N2O10. The third-order valence-electron chi connectivity index (χ3n) is 15.8. The number of esters is 4. The lowest BCUT2D eigenvalue weighted by Gasteiger charge is -2.41. The van der Waals surface area contributed by atoms with Crippen LogP contribution in [0.4, 0.5) is 0 Å². The Labute approximate surface area is 427 Å². The molecule has 1 N–H and O–H groups in total. The molecule has 3 unspecified atom stereocenters. The summed E-state index contributed by atoms with van der Waals surface area (Å²) in [6.45, 7) is 12.4. The molecule has 0 bridgehead atoms. The summed E-state index contributed by atoms with van der Waals surface area (Å²) in [5.41, 5.74) is -0.344. The third kappa shape index (κ3) is 29.7. The Bertz CT molecular complexity index is 1390. The average molecular weight is 991 g/mol. The summed E-state index contributed by atoms with van der Waals surface area (Å²) >= 11 is 0. The fourth-order valence-corrected chi connectivity index (χ4v) is 10.5. The van der Waals surface area contributed by atoms with Crippen LogP contribution in [-0.2, 0) is 42.9 Å². The number of cyclic esters (lactones) is 4. The number of carbonyl (C=O) groups is 5. The van der Waals surface area contributed by atoms with Crippen molar-refractivity contribution in [2.45, 2.75) is 252 Å². The van der Waals surface area contributed by atoms with Crippen molar-refractivity contribution in [2.24, 2.45) is 22.7 Å². The summed E-state index contributed by atoms with van der Waals surface area (Å²) in [5, 5.41) is 9.23. The monoisotopic (exact) mass is 991 g/mol. The Morgan fingerprint density at radius 1 is 0.571 bits per heavy atom. The number of carbonyl (C=O) groups excluding carboxylic acids is 5. The highest BCUT2D eigenvalue weighted by atomic mass is 16.6. The number of amides is 1. The lowest BCUT2D eigenvalue weighted by molar-refractivity contribution is -0.158. The second kappa shape index (κ2) is 39.8. The Morgan fingerprint density at radius 3 is 1.56 bits per heavy atom. The van der Waals surface area contributed by atoms with Crippen molar-refractivity contribution in [1.82, 2.24) is 9.80 Å². The fraction of sp³-hybridized carbons (Fsp3) is 0.914. The van der Waals surface area contributed by atoms with Crippen molar-refractivity contribution in [2.75, 3.05) is 66.3 Å². The van der Waals surface area contributed by atoms with Gasteiger partial charge >= 0.3 is 23.9 Å². The van der Waals surface area contributed by atoms with E-state index in [0.717, 1.165) is 64.2 Å². The minimum atomic E-state index is -0.601. The van der Waals surface area contributed by atoms with Crippen LogP contribution in [0.15, 0.2) is 0 Å². The first-order valence-electron chi connectivity index (χ1n) is 29.1. The lowest BCUT2D eigenvalue weighted by atomic mass is 9.71. The van der Waals surface area contributed by atoms with Crippen molar-refractivity contribution in [3.63, 3.8) is 0 Å². The largest absolute Gasteiger partial charge is 0.465 e. The van der Waals surface area contributed by atoms with Crippen LogP contribution in [0.3, 0.4) is 0 Å². The van der Waals surface area contributed by atoms with Gasteiger partial charge in [-0.15, -0.1) is 0 Å². The van der Waals surface area contributed by atoms with Crippen LogP contribution >= 0.6 is 0 Å². The van der Waals surface area contributed by atoms with E-state index >= 15 is 0 Å². The smallest absolute Gasteiger partial charge is 0.305 e. The van der Waals surface area contributed by atoms with E-state index in [4.69, 9.17) is 18.9 Å². The van der Waals surface area contributed by atoms with Crippen molar-refractivity contribution in [3.05, 3.63) is 0 Å². The molecule has 0 aromatic carbocycles. The summed E-state index contributed by atoms with van der Waals surface area (Å²) in [6, 6.07) is 0. The minimum absolute atomic E-state index is 0.0380. The van der Waals surface area contributed by atoms with Gasteiger partial charge in [-0.1, -0.05) is 137 Å². The highest BCUT2D eigenvalue weighted by Gasteiger charge is 2.39. The zero-order valence-corrected chi connectivity index (χ0v) is 45.8. The summed E-state index contributed by atoms with van der Waals surface area (Å²) in [5.74, 6) is -0.198. The molecular weight excluding hydrogens is 885 g/mol. The second-order valence-electron chi connectivity index (χ2n) is 21.8. The molecule has 408 valence electrons. The van der Waals surface area contributed by atoms with E-state index in [1.54, 1.807) is 0 Å². The van der Waals surface area contributed by atoms with Crippen LogP contribution in [-0.4, -0.2) is 111 Å². The minimum Gasteiger partial charge on any atom is -0.465 e. The molecule has 0 aliphatic carbocycles. The van der Waals surface area contributed by atoms with Crippen LogP contribution in [0, 0.1) is 22.7 Å². The van der Waals surface area contributed by atoms with Gasteiger partial charge < -0.3 is 33.9 Å². The van der Waals surface area contributed by atoms with E-state index in [9.17, 15) is 29.1 Å². The zero-order valence-electron chi connectivity index (χ0n) is 45.8. The maximum atomic E-state index is 13.1. The topological polar surface area (TPSA) is 149 Å². The molecule has 1 spiro atoms. The van der Waals surface area contributed by atoms with Gasteiger partial charge in [0.05, 0.1) is 19.8 Å². The van der Waals surface area contributed by atoms with Gasteiger partial charge in [0.1, 0.15) is 13.2 Å². The Kier molecular flexibility index (Phi) is 36.0. The number of aliphatic hydroxyl groups excluding tert-OH is 1. The molecule has 0 saturated carbocycles. The van der Waals surface area contributed by atoms with Crippen LogP contribution in [0.1, 0.15) is 252 Å².